The maximum absolute atomic E-state index is 10.6. The van der Waals surface area contributed by atoms with Crippen LogP contribution < -0.4 is 0 Å². The molecule has 15 heavy (non-hydrogen) atoms. The lowest BCUT2D eigenvalue weighted by Crippen LogP contribution is -1.95. The van der Waals surface area contributed by atoms with E-state index in [9.17, 15) is 4.79 Å². The number of rotatable bonds is 3. The second-order valence-corrected chi connectivity index (χ2v) is 4.18. The Morgan fingerprint density at radius 2 is 2.27 bits per heavy atom. The number of aldehydes is 1. The minimum absolute atomic E-state index is 0.580. The van der Waals surface area contributed by atoms with E-state index < -0.39 is 0 Å². The highest BCUT2D eigenvalue weighted by Gasteiger charge is 2.05. The number of carbonyl (C=O) groups excluding carboxylic acids is 1. The SMILES string of the molecule is CC(C)Cc1nc2ccc(C=O)cc2[nH]1. The molecular weight excluding hydrogens is 188 g/mol. The van der Waals surface area contributed by atoms with Gasteiger partial charge in [0.25, 0.3) is 0 Å². The molecule has 0 amide bonds. The molecular formula is C12H14N2O. The van der Waals surface area contributed by atoms with Gasteiger partial charge in [0.05, 0.1) is 11.0 Å². The lowest BCUT2D eigenvalue weighted by molar-refractivity contribution is 0.112. The monoisotopic (exact) mass is 202 g/mol. The molecule has 0 bridgehead atoms. The molecule has 0 aliphatic heterocycles. The first-order chi connectivity index (χ1) is 7.19. The van der Waals surface area contributed by atoms with Crippen molar-refractivity contribution in [2.24, 2.45) is 5.92 Å². The van der Waals surface area contributed by atoms with Gasteiger partial charge in [-0.15, -0.1) is 0 Å². The highest BCUT2D eigenvalue weighted by molar-refractivity contribution is 5.84. The summed E-state index contributed by atoms with van der Waals surface area (Å²) < 4.78 is 0. The molecule has 0 aliphatic rings. The molecule has 0 unspecified atom stereocenters. The molecule has 0 aliphatic carbocycles. The molecule has 0 fully saturated rings. The van der Waals surface area contributed by atoms with E-state index >= 15 is 0 Å². The maximum Gasteiger partial charge on any atom is 0.150 e. The molecule has 3 heteroatoms. The van der Waals surface area contributed by atoms with Crippen LogP contribution in [0.5, 0.6) is 0 Å². The fraction of sp³-hybridized carbons (Fsp3) is 0.333. The van der Waals surface area contributed by atoms with Gasteiger partial charge in [0, 0.05) is 12.0 Å². The zero-order valence-electron chi connectivity index (χ0n) is 8.95. The van der Waals surface area contributed by atoms with Crippen molar-refractivity contribution in [3.05, 3.63) is 29.6 Å². The minimum Gasteiger partial charge on any atom is -0.342 e. The maximum atomic E-state index is 10.6. The summed E-state index contributed by atoms with van der Waals surface area (Å²) in [4.78, 5) is 18.3. The number of nitrogens with one attached hydrogen (secondary N) is 1. The van der Waals surface area contributed by atoms with Gasteiger partial charge in [0.1, 0.15) is 12.1 Å². The molecule has 2 rings (SSSR count). The minimum atomic E-state index is 0.580. The molecule has 3 nitrogen and oxygen atoms in total. The van der Waals surface area contributed by atoms with Gasteiger partial charge in [0.15, 0.2) is 0 Å². The second-order valence-electron chi connectivity index (χ2n) is 4.18. The molecule has 0 saturated heterocycles. The van der Waals surface area contributed by atoms with Crippen molar-refractivity contribution in [2.45, 2.75) is 20.3 Å². The number of benzene rings is 1. The van der Waals surface area contributed by atoms with Crippen molar-refractivity contribution in [1.82, 2.24) is 9.97 Å². The fourth-order valence-corrected chi connectivity index (χ4v) is 1.64. The van der Waals surface area contributed by atoms with Crippen LogP contribution in [0.15, 0.2) is 18.2 Å². The topological polar surface area (TPSA) is 45.8 Å². The Bertz CT molecular complexity index is 485. The molecule has 1 aromatic carbocycles. The van der Waals surface area contributed by atoms with E-state index in [4.69, 9.17) is 0 Å². The quantitative estimate of drug-likeness (QED) is 0.777. The third-order valence-electron chi connectivity index (χ3n) is 2.29. The normalized spacial score (nSPS) is 11.1. The predicted octanol–water partition coefficient (Wildman–Crippen LogP) is 2.57. The van der Waals surface area contributed by atoms with Crippen LogP contribution in [0.4, 0.5) is 0 Å². The first kappa shape index (κ1) is 9.90. The Morgan fingerprint density at radius 1 is 1.47 bits per heavy atom. The summed E-state index contributed by atoms with van der Waals surface area (Å²) in [6, 6.07) is 5.49. The Kier molecular flexibility index (Phi) is 2.54. The summed E-state index contributed by atoms with van der Waals surface area (Å²) >= 11 is 0. The van der Waals surface area contributed by atoms with E-state index in [1.54, 1.807) is 6.07 Å². The molecule has 0 radical (unpaired) electrons. The summed E-state index contributed by atoms with van der Waals surface area (Å²) in [6.45, 7) is 4.31. The highest BCUT2D eigenvalue weighted by Crippen LogP contribution is 2.14. The van der Waals surface area contributed by atoms with Crippen LogP contribution in [-0.4, -0.2) is 16.3 Å². The molecule has 1 aromatic heterocycles. The van der Waals surface area contributed by atoms with E-state index in [0.717, 1.165) is 29.6 Å². The van der Waals surface area contributed by atoms with E-state index in [1.165, 1.54) is 0 Å². The van der Waals surface area contributed by atoms with Crippen LogP contribution in [-0.2, 0) is 6.42 Å². The smallest absolute Gasteiger partial charge is 0.150 e. The van der Waals surface area contributed by atoms with Gasteiger partial charge in [-0.25, -0.2) is 4.98 Å². The largest absolute Gasteiger partial charge is 0.342 e. The first-order valence-electron chi connectivity index (χ1n) is 5.13. The number of nitrogens with zero attached hydrogens (tertiary/aromatic N) is 1. The average Bonchev–Trinajstić information content (AvgIpc) is 2.57. The lowest BCUT2D eigenvalue weighted by atomic mass is 10.1. The number of carbonyl (C=O) groups is 1. The molecule has 1 heterocycles. The Labute approximate surface area is 88.5 Å². The van der Waals surface area contributed by atoms with Crippen molar-refractivity contribution < 1.29 is 4.79 Å². The first-order valence-corrected chi connectivity index (χ1v) is 5.13. The summed E-state index contributed by atoms with van der Waals surface area (Å²) in [5.41, 5.74) is 2.55. The zero-order valence-corrected chi connectivity index (χ0v) is 8.95. The number of H-pyrrole nitrogens is 1. The number of hydrogen-bond donors (Lipinski definition) is 1. The third-order valence-corrected chi connectivity index (χ3v) is 2.29. The van der Waals surface area contributed by atoms with Crippen LogP contribution in [0, 0.1) is 5.92 Å². The fourth-order valence-electron chi connectivity index (χ4n) is 1.64. The van der Waals surface area contributed by atoms with Crippen molar-refractivity contribution in [1.29, 1.82) is 0 Å². The van der Waals surface area contributed by atoms with Crippen LogP contribution in [0.3, 0.4) is 0 Å². The van der Waals surface area contributed by atoms with Crippen molar-refractivity contribution in [3.63, 3.8) is 0 Å². The number of hydrogen-bond acceptors (Lipinski definition) is 2. The molecule has 0 saturated carbocycles. The Balaban J connectivity index is 2.42. The Morgan fingerprint density at radius 3 is 2.93 bits per heavy atom. The number of aromatic amines is 1. The van der Waals surface area contributed by atoms with Gasteiger partial charge in [0.2, 0.25) is 0 Å². The van der Waals surface area contributed by atoms with Crippen molar-refractivity contribution in [3.8, 4) is 0 Å². The van der Waals surface area contributed by atoms with Gasteiger partial charge >= 0.3 is 0 Å². The predicted molar refractivity (Wildman–Crippen MR) is 60.0 cm³/mol. The highest BCUT2D eigenvalue weighted by atomic mass is 16.1. The third kappa shape index (κ3) is 2.06. The Hall–Kier alpha value is -1.64. The van der Waals surface area contributed by atoms with Gasteiger partial charge in [-0.1, -0.05) is 13.8 Å². The molecule has 1 N–H and O–H groups in total. The summed E-state index contributed by atoms with van der Waals surface area (Å²) in [5.74, 6) is 1.57. The van der Waals surface area contributed by atoms with Gasteiger partial charge < -0.3 is 4.98 Å². The van der Waals surface area contributed by atoms with Crippen LogP contribution in [0.2, 0.25) is 0 Å². The van der Waals surface area contributed by atoms with Gasteiger partial charge in [-0.05, 0) is 24.1 Å². The van der Waals surface area contributed by atoms with Gasteiger partial charge in [-0.2, -0.15) is 0 Å². The van der Waals surface area contributed by atoms with E-state index in [0.29, 0.717) is 11.5 Å². The van der Waals surface area contributed by atoms with Crippen LogP contribution in [0.25, 0.3) is 11.0 Å². The summed E-state index contributed by atoms with van der Waals surface area (Å²) in [7, 11) is 0. The van der Waals surface area contributed by atoms with Gasteiger partial charge in [-0.3, -0.25) is 4.79 Å². The summed E-state index contributed by atoms with van der Waals surface area (Å²) in [6.07, 6.45) is 1.79. The average molecular weight is 202 g/mol. The molecule has 2 aromatic rings. The van der Waals surface area contributed by atoms with Crippen molar-refractivity contribution in [2.75, 3.05) is 0 Å². The van der Waals surface area contributed by atoms with E-state index in [2.05, 4.69) is 23.8 Å². The van der Waals surface area contributed by atoms with Crippen LogP contribution >= 0.6 is 0 Å². The number of fused-ring (bicyclic) bond motifs is 1. The van der Waals surface area contributed by atoms with Crippen molar-refractivity contribution >= 4 is 17.3 Å². The van der Waals surface area contributed by atoms with Crippen LogP contribution in [0.1, 0.15) is 30.0 Å². The number of imidazole rings is 1. The lowest BCUT2D eigenvalue weighted by Gasteiger charge is -1.98. The van der Waals surface area contributed by atoms with E-state index in [-0.39, 0.29) is 0 Å². The van der Waals surface area contributed by atoms with E-state index in [1.807, 2.05) is 12.1 Å². The molecule has 78 valence electrons. The second kappa shape index (κ2) is 3.85. The molecule has 0 atom stereocenters. The zero-order chi connectivity index (χ0) is 10.8. The standard InChI is InChI=1S/C12H14N2O/c1-8(2)5-12-13-10-4-3-9(7-15)6-11(10)14-12/h3-4,6-8H,5H2,1-2H3,(H,13,14). The molecule has 0 spiro atoms. The summed E-state index contributed by atoms with van der Waals surface area (Å²) in [5, 5.41) is 0. The number of aromatic nitrogens is 2.